The van der Waals surface area contributed by atoms with Gasteiger partial charge in [0.1, 0.15) is 0 Å². The van der Waals surface area contributed by atoms with E-state index in [-0.39, 0.29) is 11.7 Å². The normalized spacial score (nSPS) is 10.6. The maximum absolute atomic E-state index is 12.0. The number of aromatic nitrogens is 3. The van der Waals surface area contributed by atoms with Crippen molar-refractivity contribution < 1.29 is 9.21 Å². The number of hydrogen-bond donors (Lipinski definition) is 1. The molecule has 1 amide bonds. The molecule has 0 fully saturated rings. The van der Waals surface area contributed by atoms with Crippen LogP contribution in [0.25, 0.3) is 11.5 Å². The summed E-state index contributed by atoms with van der Waals surface area (Å²) in [7, 11) is 0. The van der Waals surface area contributed by atoms with Crippen LogP contribution in [-0.4, -0.2) is 26.8 Å². The Bertz CT molecular complexity index is 858. The zero-order chi connectivity index (χ0) is 16.9. The highest BCUT2D eigenvalue weighted by molar-refractivity contribution is 9.13. The molecule has 0 bridgehead atoms. The average Bonchev–Trinajstić information content (AvgIpc) is 3.06. The second kappa shape index (κ2) is 7.91. The number of benzene rings is 1. The summed E-state index contributed by atoms with van der Waals surface area (Å²) < 4.78 is 7.30. The summed E-state index contributed by atoms with van der Waals surface area (Å²) in [5.41, 5.74) is 1.44. The van der Waals surface area contributed by atoms with E-state index in [0.717, 1.165) is 14.5 Å². The smallest absolute Gasteiger partial charge is 0.277 e. The summed E-state index contributed by atoms with van der Waals surface area (Å²) in [6.07, 6.45) is 3.31. The Morgan fingerprint density at radius 2 is 2.08 bits per heavy atom. The predicted molar refractivity (Wildman–Crippen MR) is 98.7 cm³/mol. The Labute approximate surface area is 158 Å². The number of amides is 1. The third-order valence-electron chi connectivity index (χ3n) is 2.85. The van der Waals surface area contributed by atoms with Crippen molar-refractivity contribution in [3.63, 3.8) is 0 Å². The molecule has 9 heteroatoms. The topological polar surface area (TPSA) is 80.9 Å². The molecule has 0 aliphatic carbocycles. The van der Waals surface area contributed by atoms with Crippen molar-refractivity contribution in [2.75, 3.05) is 11.1 Å². The summed E-state index contributed by atoms with van der Waals surface area (Å²) >= 11 is 7.95. The van der Waals surface area contributed by atoms with Gasteiger partial charge in [-0.25, -0.2) is 0 Å². The van der Waals surface area contributed by atoms with Gasteiger partial charge >= 0.3 is 0 Å². The van der Waals surface area contributed by atoms with Crippen molar-refractivity contribution in [3.8, 4) is 11.5 Å². The molecular weight excluding hydrogens is 460 g/mol. The van der Waals surface area contributed by atoms with Gasteiger partial charge in [0, 0.05) is 27.0 Å². The molecule has 0 aliphatic heterocycles. The van der Waals surface area contributed by atoms with Crippen LogP contribution in [0.5, 0.6) is 0 Å². The molecule has 0 atom stereocenters. The second-order valence-electron chi connectivity index (χ2n) is 4.58. The lowest BCUT2D eigenvalue weighted by atomic mass is 10.3. The lowest BCUT2D eigenvalue weighted by Gasteiger charge is -2.05. The first-order chi connectivity index (χ1) is 11.6. The molecule has 0 radical (unpaired) electrons. The van der Waals surface area contributed by atoms with Gasteiger partial charge in [-0.1, -0.05) is 11.8 Å². The number of hydrogen-bond acceptors (Lipinski definition) is 6. The highest BCUT2D eigenvalue weighted by Gasteiger charge is 2.11. The third-order valence-corrected chi connectivity index (χ3v) is 5.54. The van der Waals surface area contributed by atoms with Gasteiger partial charge in [-0.05, 0) is 62.2 Å². The monoisotopic (exact) mass is 468 g/mol. The van der Waals surface area contributed by atoms with E-state index in [9.17, 15) is 4.79 Å². The molecule has 2 aromatic heterocycles. The fourth-order valence-electron chi connectivity index (χ4n) is 1.77. The van der Waals surface area contributed by atoms with Crippen LogP contribution in [0.3, 0.4) is 0 Å². The molecule has 0 saturated carbocycles. The lowest BCUT2D eigenvalue weighted by Crippen LogP contribution is -2.13. The van der Waals surface area contributed by atoms with Crippen molar-refractivity contribution in [1.29, 1.82) is 0 Å². The minimum absolute atomic E-state index is 0.157. The van der Waals surface area contributed by atoms with E-state index in [1.54, 1.807) is 18.5 Å². The number of anilines is 1. The highest BCUT2D eigenvalue weighted by Crippen LogP contribution is 2.26. The molecule has 0 spiro atoms. The average molecular weight is 470 g/mol. The lowest BCUT2D eigenvalue weighted by molar-refractivity contribution is -0.113. The van der Waals surface area contributed by atoms with Crippen LogP contribution in [0.4, 0.5) is 5.69 Å². The SMILES string of the molecule is O=C(CSc1nnc(-c2cccnc2)o1)Nc1ccc(Br)c(Br)c1. The van der Waals surface area contributed by atoms with Crippen molar-refractivity contribution in [2.24, 2.45) is 0 Å². The standard InChI is InChI=1S/C15H10Br2N4O2S/c16-11-4-3-10(6-12(11)17)19-13(22)8-24-15-21-20-14(23-15)9-2-1-5-18-7-9/h1-7H,8H2,(H,19,22). The number of pyridine rings is 1. The molecule has 3 rings (SSSR count). The number of nitrogens with zero attached hydrogens (tertiary/aromatic N) is 3. The molecule has 122 valence electrons. The summed E-state index contributed by atoms with van der Waals surface area (Å²) in [6, 6.07) is 9.10. The summed E-state index contributed by atoms with van der Waals surface area (Å²) in [5.74, 6) is 0.390. The van der Waals surface area contributed by atoms with Crippen LogP contribution < -0.4 is 5.32 Å². The van der Waals surface area contributed by atoms with Crippen molar-refractivity contribution in [1.82, 2.24) is 15.2 Å². The fraction of sp³-hybridized carbons (Fsp3) is 0.0667. The Balaban J connectivity index is 1.56. The highest BCUT2D eigenvalue weighted by atomic mass is 79.9. The third kappa shape index (κ3) is 4.43. The molecule has 2 heterocycles. The molecule has 6 nitrogen and oxygen atoms in total. The summed E-state index contributed by atoms with van der Waals surface area (Å²) in [4.78, 5) is 16.0. The van der Waals surface area contributed by atoms with E-state index in [4.69, 9.17) is 4.42 Å². The van der Waals surface area contributed by atoms with Gasteiger partial charge in [-0.3, -0.25) is 9.78 Å². The van der Waals surface area contributed by atoms with E-state index in [0.29, 0.717) is 16.8 Å². The first-order valence-corrected chi connectivity index (χ1v) is 9.30. The number of nitrogens with one attached hydrogen (secondary N) is 1. The number of rotatable bonds is 5. The maximum atomic E-state index is 12.0. The van der Waals surface area contributed by atoms with Crippen LogP contribution in [0.2, 0.25) is 0 Å². The molecule has 1 aromatic carbocycles. The van der Waals surface area contributed by atoms with E-state index in [1.165, 1.54) is 11.8 Å². The number of carbonyl (C=O) groups excluding carboxylic acids is 1. The van der Waals surface area contributed by atoms with Crippen LogP contribution in [-0.2, 0) is 4.79 Å². The molecule has 0 aliphatic rings. The number of carbonyl (C=O) groups is 1. The van der Waals surface area contributed by atoms with Gasteiger partial charge in [-0.15, -0.1) is 10.2 Å². The molecule has 3 aromatic rings. The van der Waals surface area contributed by atoms with E-state index in [1.807, 2.05) is 24.3 Å². The Morgan fingerprint density at radius 3 is 2.83 bits per heavy atom. The quantitative estimate of drug-likeness (QED) is 0.558. The minimum Gasteiger partial charge on any atom is -0.411 e. The molecule has 0 unspecified atom stereocenters. The van der Waals surface area contributed by atoms with Gasteiger partial charge in [0.2, 0.25) is 11.8 Å². The zero-order valence-corrected chi connectivity index (χ0v) is 16.1. The largest absolute Gasteiger partial charge is 0.411 e. The molecular formula is C15H10Br2N4O2S. The zero-order valence-electron chi connectivity index (χ0n) is 12.1. The van der Waals surface area contributed by atoms with Crippen LogP contribution in [0.15, 0.2) is 61.3 Å². The van der Waals surface area contributed by atoms with E-state index >= 15 is 0 Å². The van der Waals surface area contributed by atoms with Gasteiger partial charge in [0.05, 0.1) is 11.3 Å². The van der Waals surface area contributed by atoms with Gasteiger partial charge in [-0.2, -0.15) is 0 Å². The van der Waals surface area contributed by atoms with Crippen molar-refractivity contribution in [2.45, 2.75) is 5.22 Å². The maximum Gasteiger partial charge on any atom is 0.277 e. The molecule has 0 saturated heterocycles. The van der Waals surface area contributed by atoms with Crippen molar-refractivity contribution in [3.05, 3.63) is 51.7 Å². The fourth-order valence-corrected chi connectivity index (χ4v) is 2.96. The predicted octanol–water partition coefficient (Wildman–Crippen LogP) is 4.39. The van der Waals surface area contributed by atoms with Gasteiger partial charge < -0.3 is 9.73 Å². The number of thioether (sulfide) groups is 1. The van der Waals surface area contributed by atoms with Crippen LogP contribution in [0.1, 0.15) is 0 Å². The van der Waals surface area contributed by atoms with Crippen LogP contribution >= 0.6 is 43.6 Å². The molecule has 24 heavy (non-hydrogen) atoms. The van der Waals surface area contributed by atoms with E-state index < -0.39 is 0 Å². The Hall–Kier alpha value is -1.71. The molecule has 1 N–H and O–H groups in total. The number of halogens is 2. The summed E-state index contributed by atoms with van der Waals surface area (Å²) in [6.45, 7) is 0. The van der Waals surface area contributed by atoms with E-state index in [2.05, 4.69) is 52.4 Å². The first kappa shape index (κ1) is 17.1. The first-order valence-electron chi connectivity index (χ1n) is 6.73. The van der Waals surface area contributed by atoms with Gasteiger partial charge in [0.15, 0.2) is 0 Å². The Morgan fingerprint density at radius 1 is 1.21 bits per heavy atom. The van der Waals surface area contributed by atoms with Crippen LogP contribution in [0, 0.1) is 0 Å². The summed E-state index contributed by atoms with van der Waals surface area (Å²) in [5, 5.41) is 11.0. The Kier molecular flexibility index (Phi) is 5.64. The minimum atomic E-state index is -0.157. The van der Waals surface area contributed by atoms with Crippen molar-refractivity contribution >= 4 is 55.2 Å². The second-order valence-corrected chi connectivity index (χ2v) is 7.22. The van der Waals surface area contributed by atoms with Gasteiger partial charge in [0.25, 0.3) is 5.22 Å².